The zero-order valence-electron chi connectivity index (χ0n) is 8.68. The quantitative estimate of drug-likeness (QED) is 0.788. The van der Waals surface area contributed by atoms with Gasteiger partial charge in [0, 0.05) is 0 Å². The molecule has 7 heteroatoms. The van der Waals surface area contributed by atoms with Crippen LogP contribution in [-0.4, -0.2) is 18.9 Å². The molecule has 0 aliphatic carbocycles. The highest BCUT2D eigenvalue weighted by atomic mass is 35.5. The fourth-order valence-electron chi connectivity index (χ4n) is 1.10. The van der Waals surface area contributed by atoms with E-state index in [9.17, 15) is 18.0 Å². The van der Waals surface area contributed by atoms with Crippen molar-refractivity contribution in [2.24, 2.45) is 0 Å². The molecule has 0 heterocycles. The molecule has 1 rings (SSSR count). The van der Waals surface area contributed by atoms with E-state index >= 15 is 0 Å². The van der Waals surface area contributed by atoms with Gasteiger partial charge in [-0.1, -0.05) is 17.7 Å². The lowest BCUT2D eigenvalue weighted by atomic mass is 10.2. The van der Waals surface area contributed by atoms with Gasteiger partial charge in [0.2, 0.25) is 0 Å². The molecule has 0 saturated heterocycles. The smallest absolute Gasteiger partial charge is 0.462 e. The predicted molar refractivity (Wildman–Crippen MR) is 54.1 cm³/mol. The van der Waals surface area contributed by atoms with Gasteiger partial charge in [-0.15, -0.1) is 13.2 Å². The number of carbonyl (C=O) groups is 1. The van der Waals surface area contributed by atoms with E-state index in [4.69, 9.17) is 11.6 Å². The lowest BCUT2D eigenvalue weighted by molar-refractivity contribution is -0.274. The molecule has 1 aromatic carbocycles. The molecule has 3 nitrogen and oxygen atoms in total. The molecule has 0 spiro atoms. The van der Waals surface area contributed by atoms with E-state index in [1.807, 2.05) is 0 Å². The van der Waals surface area contributed by atoms with E-state index in [1.54, 1.807) is 0 Å². The fraction of sp³-hybridized carbons (Fsp3) is 0.300. The number of para-hydroxylation sites is 1. The number of carbonyl (C=O) groups excluding carboxylic acids is 1. The van der Waals surface area contributed by atoms with Crippen LogP contribution >= 0.6 is 11.6 Å². The van der Waals surface area contributed by atoms with Crippen LogP contribution in [0.4, 0.5) is 13.2 Å². The summed E-state index contributed by atoms with van der Waals surface area (Å²) in [5.41, 5.74) is -0.364. The fourth-order valence-corrected chi connectivity index (χ4v) is 1.31. The number of benzene rings is 1. The van der Waals surface area contributed by atoms with Crippen molar-refractivity contribution in [1.82, 2.24) is 0 Å². The summed E-state index contributed by atoms with van der Waals surface area (Å²) in [7, 11) is 0. The second kappa shape index (κ2) is 5.27. The zero-order valence-corrected chi connectivity index (χ0v) is 9.43. The first-order chi connectivity index (χ1) is 7.85. The van der Waals surface area contributed by atoms with Crippen LogP contribution in [0, 0.1) is 0 Å². The molecule has 0 aliphatic heterocycles. The second-order valence-electron chi connectivity index (χ2n) is 2.88. The first-order valence-corrected chi connectivity index (χ1v) is 4.94. The van der Waals surface area contributed by atoms with Crippen LogP contribution in [0.1, 0.15) is 17.3 Å². The number of halogens is 4. The summed E-state index contributed by atoms with van der Waals surface area (Å²) < 4.78 is 44.6. The van der Waals surface area contributed by atoms with E-state index in [0.29, 0.717) is 0 Å². The summed E-state index contributed by atoms with van der Waals surface area (Å²) in [6.07, 6.45) is -4.92. The number of ether oxygens (including phenoxy) is 2. The van der Waals surface area contributed by atoms with E-state index in [1.165, 1.54) is 19.1 Å². The summed E-state index contributed by atoms with van der Waals surface area (Å²) >= 11 is 5.55. The predicted octanol–water partition coefficient (Wildman–Crippen LogP) is 3.42. The molecule has 0 atom stereocenters. The SMILES string of the molecule is CCOC(=O)c1cccc(Cl)c1OC(F)(F)F. The topological polar surface area (TPSA) is 35.5 Å². The molecular weight excluding hydrogens is 261 g/mol. The minimum absolute atomic E-state index is 0.0385. The largest absolute Gasteiger partial charge is 0.573 e. The Labute approximate surface area is 100 Å². The van der Waals surface area contributed by atoms with Gasteiger partial charge in [-0.3, -0.25) is 0 Å². The van der Waals surface area contributed by atoms with Crippen LogP contribution in [0.5, 0.6) is 5.75 Å². The molecule has 0 saturated carbocycles. The summed E-state index contributed by atoms with van der Waals surface area (Å²) in [4.78, 5) is 11.4. The van der Waals surface area contributed by atoms with Crippen molar-refractivity contribution in [1.29, 1.82) is 0 Å². The standard InChI is InChI=1S/C10H8ClF3O3/c1-2-16-9(15)6-4-3-5-7(11)8(6)17-10(12,13)14/h3-5H,2H2,1H3. The third kappa shape index (κ3) is 3.81. The van der Waals surface area contributed by atoms with Gasteiger partial charge in [0.05, 0.1) is 11.6 Å². The van der Waals surface area contributed by atoms with E-state index in [2.05, 4.69) is 9.47 Å². The lowest BCUT2D eigenvalue weighted by Crippen LogP contribution is -2.20. The van der Waals surface area contributed by atoms with Crippen LogP contribution in [0.2, 0.25) is 5.02 Å². The Morgan fingerprint density at radius 2 is 2.06 bits per heavy atom. The van der Waals surface area contributed by atoms with Crippen LogP contribution in [0.15, 0.2) is 18.2 Å². The minimum Gasteiger partial charge on any atom is -0.462 e. The average molecular weight is 269 g/mol. The Morgan fingerprint density at radius 1 is 1.41 bits per heavy atom. The van der Waals surface area contributed by atoms with E-state index < -0.39 is 18.1 Å². The van der Waals surface area contributed by atoms with E-state index in [-0.39, 0.29) is 17.2 Å². The lowest BCUT2D eigenvalue weighted by Gasteiger charge is -2.13. The van der Waals surface area contributed by atoms with Gasteiger partial charge in [0.1, 0.15) is 5.56 Å². The first kappa shape index (κ1) is 13.6. The second-order valence-corrected chi connectivity index (χ2v) is 3.29. The third-order valence-corrected chi connectivity index (χ3v) is 1.98. The van der Waals surface area contributed by atoms with Crippen molar-refractivity contribution in [3.63, 3.8) is 0 Å². The Bertz CT molecular complexity index is 418. The molecule has 1 aromatic rings. The van der Waals surface area contributed by atoms with Gasteiger partial charge >= 0.3 is 12.3 Å². The minimum atomic E-state index is -4.92. The van der Waals surface area contributed by atoms with Crippen molar-refractivity contribution in [3.8, 4) is 5.75 Å². The van der Waals surface area contributed by atoms with Gasteiger partial charge in [0.15, 0.2) is 5.75 Å². The Morgan fingerprint density at radius 3 is 2.59 bits per heavy atom. The maximum Gasteiger partial charge on any atom is 0.573 e. The number of esters is 1. The molecule has 0 radical (unpaired) electrons. The van der Waals surface area contributed by atoms with E-state index in [0.717, 1.165) is 6.07 Å². The van der Waals surface area contributed by atoms with Crippen LogP contribution in [0.25, 0.3) is 0 Å². The summed E-state index contributed by atoms with van der Waals surface area (Å²) in [6.45, 7) is 1.57. The van der Waals surface area contributed by atoms with Crippen molar-refractivity contribution >= 4 is 17.6 Å². The molecule has 0 unspecified atom stereocenters. The van der Waals surface area contributed by atoms with Crippen molar-refractivity contribution < 1.29 is 27.4 Å². The highest BCUT2D eigenvalue weighted by Crippen LogP contribution is 2.33. The van der Waals surface area contributed by atoms with Gasteiger partial charge in [-0.2, -0.15) is 0 Å². The maximum absolute atomic E-state index is 12.1. The molecule has 17 heavy (non-hydrogen) atoms. The third-order valence-electron chi connectivity index (χ3n) is 1.68. The molecule has 0 N–H and O–H groups in total. The molecule has 0 aromatic heterocycles. The molecule has 0 amide bonds. The molecule has 0 fully saturated rings. The maximum atomic E-state index is 12.1. The van der Waals surface area contributed by atoms with Crippen LogP contribution < -0.4 is 4.74 Å². The molecular formula is C10H8ClF3O3. The number of rotatable bonds is 3. The Hall–Kier alpha value is -1.43. The van der Waals surface area contributed by atoms with Crippen LogP contribution in [0.3, 0.4) is 0 Å². The van der Waals surface area contributed by atoms with Gasteiger partial charge in [-0.05, 0) is 19.1 Å². The highest BCUT2D eigenvalue weighted by molar-refractivity contribution is 6.32. The normalized spacial score (nSPS) is 11.1. The van der Waals surface area contributed by atoms with Gasteiger partial charge in [0.25, 0.3) is 0 Å². The van der Waals surface area contributed by atoms with Crippen molar-refractivity contribution in [2.75, 3.05) is 6.61 Å². The average Bonchev–Trinajstić information content (AvgIpc) is 2.19. The summed E-state index contributed by atoms with van der Waals surface area (Å²) in [6, 6.07) is 3.66. The van der Waals surface area contributed by atoms with Gasteiger partial charge < -0.3 is 9.47 Å². The Balaban J connectivity index is 3.13. The van der Waals surface area contributed by atoms with Crippen LogP contribution in [-0.2, 0) is 4.74 Å². The number of hydrogen-bond donors (Lipinski definition) is 0. The number of hydrogen-bond acceptors (Lipinski definition) is 3. The molecule has 0 aliphatic rings. The van der Waals surface area contributed by atoms with Gasteiger partial charge in [-0.25, -0.2) is 4.79 Å². The summed E-state index contributed by atoms with van der Waals surface area (Å²) in [5, 5.41) is -0.312. The van der Waals surface area contributed by atoms with Crippen molar-refractivity contribution in [3.05, 3.63) is 28.8 Å². The molecule has 0 bridgehead atoms. The Kier molecular flexibility index (Phi) is 4.22. The summed E-state index contributed by atoms with van der Waals surface area (Å²) in [5.74, 6) is -1.67. The monoisotopic (exact) mass is 268 g/mol. The number of alkyl halides is 3. The first-order valence-electron chi connectivity index (χ1n) is 4.56. The van der Waals surface area contributed by atoms with Crippen molar-refractivity contribution in [2.45, 2.75) is 13.3 Å². The highest BCUT2D eigenvalue weighted by Gasteiger charge is 2.34. The molecule has 94 valence electrons. The zero-order chi connectivity index (χ0) is 13.1.